The average Bonchev–Trinajstić information content (AvgIpc) is 2.56. The van der Waals surface area contributed by atoms with Crippen LogP contribution in [-0.4, -0.2) is 14.9 Å². The summed E-state index contributed by atoms with van der Waals surface area (Å²) in [6.45, 7) is 1.95. The zero-order valence-corrected chi connectivity index (χ0v) is 14.5. The average molecular weight is 371 g/mol. The van der Waals surface area contributed by atoms with Crippen molar-refractivity contribution in [3.05, 3.63) is 69.2 Å². The first-order valence-electron chi connectivity index (χ1n) is 7.60. The van der Waals surface area contributed by atoms with Gasteiger partial charge in [0.1, 0.15) is 0 Å². The molecule has 0 aliphatic heterocycles. The zero-order valence-electron chi connectivity index (χ0n) is 13.7. The Morgan fingerprint density at radius 2 is 1.81 bits per heavy atom. The van der Waals surface area contributed by atoms with Crippen LogP contribution in [0, 0.1) is 17.0 Å². The first-order valence-corrected chi connectivity index (χ1v) is 7.98. The normalized spacial score (nSPS) is 10.4. The molecule has 0 spiro atoms. The number of hydrogen-bond donors (Lipinski definition) is 3. The van der Waals surface area contributed by atoms with E-state index in [2.05, 4.69) is 20.6 Å². The molecule has 0 aliphatic rings. The molecule has 0 radical (unpaired) electrons. The highest BCUT2D eigenvalue weighted by atomic mass is 35.5. The summed E-state index contributed by atoms with van der Waals surface area (Å²) in [5.41, 5.74) is 7.74. The number of nitrogens with two attached hydrogens (primary N) is 1. The van der Waals surface area contributed by atoms with Crippen LogP contribution < -0.4 is 16.4 Å². The topological polar surface area (TPSA) is 119 Å². The molecule has 132 valence electrons. The monoisotopic (exact) mass is 370 g/mol. The second-order valence-corrected chi connectivity index (χ2v) is 5.95. The van der Waals surface area contributed by atoms with Crippen molar-refractivity contribution in [3.8, 4) is 0 Å². The van der Waals surface area contributed by atoms with Crippen LogP contribution in [0.4, 0.5) is 34.6 Å². The van der Waals surface area contributed by atoms with Crippen LogP contribution in [0.25, 0.3) is 0 Å². The highest BCUT2D eigenvalue weighted by molar-refractivity contribution is 6.30. The van der Waals surface area contributed by atoms with Crippen molar-refractivity contribution in [2.45, 2.75) is 6.92 Å². The molecule has 0 saturated heterocycles. The van der Waals surface area contributed by atoms with Crippen LogP contribution in [0.1, 0.15) is 5.56 Å². The van der Waals surface area contributed by atoms with Crippen molar-refractivity contribution >= 4 is 46.2 Å². The van der Waals surface area contributed by atoms with Crippen LogP contribution >= 0.6 is 11.6 Å². The van der Waals surface area contributed by atoms with Crippen molar-refractivity contribution in [1.82, 2.24) is 9.97 Å². The molecule has 0 saturated carbocycles. The summed E-state index contributed by atoms with van der Waals surface area (Å²) in [6.07, 6.45) is 0. The quantitative estimate of drug-likeness (QED) is 0.449. The van der Waals surface area contributed by atoms with E-state index in [0.29, 0.717) is 16.4 Å². The van der Waals surface area contributed by atoms with E-state index in [1.165, 1.54) is 0 Å². The Bertz CT molecular complexity index is 962. The van der Waals surface area contributed by atoms with Gasteiger partial charge in [0.15, 0.2) is 0 Å². The van der Waals surface area contributed by atoms with Gasteiger partial charge in [-0.3, -0.25) is 10.1 Å². The molecular weight excluding hydrogens is 356 g/mol. The number of benzene rings is 2. The van der Waals surface area contributed by atoms with Gasteiger partial charge in [0.05, 0.1) is 4.92 Å². The van der Waals surface area contributed by atoms with Crippen molar-refractivity contribution in [2.24, 2.45) is 0 Å². The van der Waals surface area contributed by atoms with Crippen LogP contribution in [0.3, 0.4) is 0 Å². The smallest absolute Gasteiger partial charge is 0.353 e. The highest BCUT2D eigenvalue weighted by Crippen LogP contribution is 2.32. The Morgan fingerprint density at radius 1 is 1.08 bits per heavy atom. The fourth-order valence-corrected chi connectivity index (χ4v) is 2.45. The standard InChI is InChI=1S/C17H15ClN6O2/c1-10-5-7-12(8-6-10)20-16-14(24(25)26)15(19)22-17(23-16)21-13-4-2-3-11(18)9-13/h2-9H,1H3,(H4,19,20,21,22,23). The fraction of sp³-hybridized carbons (Fsp3) is 0.0588. The molecule has 26 heavy (non-hydrogen) atoms. The molecule has 1 heterocycles. The Morgan fingerprint density at radius 3 is 2.46 bits per heavy atom. The number of nitro groups is 1. The molecule has 0 aliphatic carbocycles. The molecule has 8 nitrogen and oxygen atoms in total. The molecule has 3 rings (SSSR count). The molecule has 2 aromatic carbocycles. The van der Waals surface area contributed by atoms with E-state index >= 15 is 0 Å². The molecule has 0 bridgehead atoms. The molecule has 1 aromatic heterocycles. The van der Waals surface area contributed by atoms with Crippen LogP contribution in [0.2, 0.25) is 5.02 Å². The third kappa shape index (κ3) is 3.98. The number of halogens is 1. The number of nitrogens with one attached hydrogen (secondary N) is 2. The summed E-state index contributed by atoms with van der Waals surface area (Å²) < 4.78 is 0. The molecule has 0 amide bonds. The van der Waals surface area contributed by atoms with E-state index in [1.807, 2.05) is 19.1 Å². The SMILES string of the molecule is Cc1ccc(Nc2nc(Nc3cccc(Cl)c3)nc(N)c2[N+](=O)[O-])cc1. The van der Waals surface area contributed by atoms with Crippen molar-refractivity contribution in [1.29, 1.82) is 0 Å². The van der Waals surface area contributed by atoms with Gasteiger partial charge in [-0.2, -0.15) is 9.97 Å². The second-order valence-electron chi connectivity index (χ2n) is 5.51. The highest BCUT2D eigenvalue weighted by Gasteiger charge is 2.23. The molecule has 0 atom stereocenters. The van der Waals surface area contributed by atoms with E-state index < -0.39 is 4.92 Å². The molecule has 0 unspecified atom stereocenters. The van der Waals surface area contributed by atoms with Crippen molar-refractivity contribution in [3.63, 3.8) is 0 Å². The summed E-state index contributed by atoms with van der Waals surface area (Å²) in [6, 6.07) is 14.3. The lowest BCUT2D eigenvalue weighted by Gasteiger charge is -2.11. The number of rotatable bonds is 5. The third-order valence-electron chi connectivity index (χ3n) is 3.49. The minimum atomic E-state index is -0.616. The minimum Gasteiger partial charge on any atom is -0.378 e. The van der Waals surface area contributed by atoms with Crippen molar-refractivity contribution in [2.75, 3.05) is 16.4 Å². The van der Waals surface area contributed by atoms with Crippen molar-refractivity contribution < 1.29 is 4.92 Å². The molecule has 3 aromatic rings. The number of aromatic nitrogens is 2. The minimum absolute atomic E-state index is 0.00381. The number of nitrogens with zero attached hydrogens (tertiary/aromatic N) is 3. The van der Waals surface area contributed by atoms with Gasteiger partial charge >= 0.3 is 5.69 Å². The maximum atomic E-state index is 11.4. The fourth-order valence-electron chi connectivity index (χ4n) is 2.26. The van der Waals surface area contributed by atoms with Gasteiger partial charge in [-0.1, -0.05) is 35.4 Å². The Labute approximate surface area is 154 Å². The Balaban J connectivity index is 1.98. The Kier molecular flexibility index (Phi) is 4.85. The third-order valence-corrected chi connectivity index (χ3v) is 3.72. The summed E-state index contributed by atoms with van der Waals surface area (Å²) in [7, 11) is 0. The summed E-state index contributed by atoms with van der Waals surface area (Å²) in [5.74, 6) is -0.134. The van der Waals surface area contributed by atoms with Crippen LogP contribution in [-0.2, 0) is 0 Å². The van der Waals surface area contributed by atoms with E-state index in [0.717, 1.165) is 5.56 Å². The van der Waals surface area contributed by atoms with E-state index in [9.17, 15) is 10.1 Å². The molecular formula is C17H15ClN6O2. The summed E-state index contributed by atoms with van der Waals surface area (Å²) >= 11 is 5.95. The lowest BCUT2D eigenvalue weighted by molar-refractivity contribution is -0.383. The van der Waals surface area contributed by atoms with Gasteiger partial charge in [0, 0.05) is 16.4 Å². The van der Waals surface area contributed by atoms with E-state index in [4.69, 9.17) is 17.3 Å². The molecule has 0 fully saturated rings. The van der Waals surface area contributed by atoms with Crippen LogP contribution in [0.15, 0.2) is 48.5 Å². The number of anilines is 5. The Hall–Kier alpha value is -3.39. The van der Waals surface area contributed by atoms with Gasteiger partial charge in [0.2, 0.25) is 17.6 Å². The predicted molar refractivity (Wildman–Crippen MR) is 102 cm³/mol. The maximum absolute atomic E-state index is 11.4. The number of aryl methyl sites for hydroxylation is 1. The molecule has 4 N–H and O–H groups in total. The number of nitrogen functional groups attached to an aromatic ring is 1. The van der Waals surface area contributed by atoms with Gasteiger partial charge in [-0.05, 0) is 37.3 Å². The zero-order chi connectivity index (χ0) is 18.7. The van der Waals surface area contributed by atoms with Gasteiger partial charge in [0.25, 0.3) is 0 Å². The first kappa shape index (κ1) is 17.4. The van der Waals surface area contributed by atoms with Gasteiger partial charge in [-0.15, -0.1) is 0 Å². The van der Waals surface area contributed by atoms with Gasteiger partial charge in [-0.25, -0.2) is 0 Å². The first-order chi connectivity index (χ1) is 12.4. The predicted octanol–water partition coefficient (Wildman–Crippen LogP) is 4.42. The van der Waals surface area contributed by atoms with Crippen LogP contribution in [0.5, 0.6) is 0 Å². The lowest BCUT2D eigenvalue weighted by atomic mass is 10.2. The molecule has 9 heteroatoms. The summed E-state index contributed by atoms with van der Waals surface area (Å²) in [5, 5.41) is 17.8. The van der Waals surface area contributed by atoms with Gasteiger partial charge < -0.3 is 16.4 Å². The van der Waals surface area contributed by atoms with E-state index in [-0.39, 0.29) is 23.3 Å². The van der Waals surface area contributed by atoms with E-state index in [1.54, 1.807) is 36.4 Å². The largest absolute Gasteiger partial charge is 0.378 e. The maximum Gasteiger partial charge on any atom is 0.353 e. The summed E-state index contributed by atoms with van der Waals surface area (Å²) in [4.78, 5) is 18.9. The lowest BCUT2D eigenvalue weighted by Crippen LogP contribution is -2.08. The number of hydrogen-bond acceptors (Lipinski definition) is 7. The second kappa shape index (κ2) is 7.24.